The maximum atomic E-state index is 3.56. The Bertz CT molecular complexity index is 549. The predicted molar refractivity (Wildman–Crippen MR) is 86.9 cm³/mol. The van der Waals surface area contributed by atoms with Crippen molar-refractivity contribution in [3.05, 3.63) is 48.0 Å². The Kier molecular flexibility index (Phi) is 4.37. The highest BCUT2D eigenvalue weighted by molar-refractivity contribution is 5.86. The third-order valence-corrected chi connectivity index (χ3v) is 4.84. The Balaban J connectivity index is 1.86. The molecule has 0 aliphatic heterocycles. The smallest absolute Gasteiger partial charge is 0.0326 e. The van der Waals surface area contributed by atoms with Gasteiger partial charge < -0.3 is 5.32 Å². The molecule has 2 aromatic rings. The zero-order valence-electron chi connectivity index (χ0n) is 12.4. The van der Waals surface area contributed by atoms with Gasteiger partial charge in [-0.15, -0.1) is 0 Å². The van der Waals surface area contributed by atoms with Gasteiger partial charge in [-0.1, -0.05) is 74.6 Å². The lowest BCUT2D eigenvalue weighted by atomic mass is 9.82. The molecule has 0 aromatic heterocycles. The molecule has 0 spiro atoms. The molecule has 2 aromatic carbocycles. The van der Waals surface area contributed by atoms with Crippen LogP contribution in [0.15, 0.2) is 42.5 Å². The zero-order chi connectivity index (χ0) is 13.8. The van der Waals surface area contributed by atoms with Crippen LogP contribution >= 0.6 is 0 Å². The van der Waals surface area contributed by atoms with Gasteiger partial charge >= 0.3 is 0 Å². The number of hydrogen-bond donors (Lipinski definition) is 1. The van der Waals surface area contributed by atoms with E-state index in [4.69, 9.17) is 0 Å². The van der Waals surface area contributed by atoms with Crippen LogP contribution in [0.1, 0.15) is 50.1 Å². The van der Waals surface area contributed by atoms with E-state index in [1.807, 2.05) is 0 Å². The molecule has 1 atom stereocenters. The minimum absolute atomic E-state index is 0.490. The lowest BCUT2D eigenvalue weighted by molar-refractivity contribution is 0.306. The van der Waals surface area contributed by atoms with Gasteiger partial charge in [0.15, 0.2) is 0 Å². The molecular formula is C19H25N. The number of nitrogens with one attached hydrogen (secondary N) is 1. The van der Waals surface area contributed by atoms with Gasteiger partial charge in [0, 0.05) is 6.04 Å². The first kappa shape index (κ1) is 13.6. The maximum absolute atomic E-state index is 3.56. The molecule has 0 bridgehead atoms. The third-order valence-electron chi connectivity index (χ3n) is 4.84. The van der Waals surface area contributed by atoms with E-state index in [0.717, 1.165) is 5.92 Å². The minimum Gasteiger partial charge on any atom is -0.313 e. The number of rotatable bonds is 4. The molecule has 1 unspecified atom stereocenters. The number of hydrogen-bond acceptors (Lipinski definition) is 1. The van der Waals surface area contributed by atoms with Crippen LogP contribution in [0.3, 0.4) is 0 Å². The molecule has 0 amide bonds. The van der Waals surface area contributed by atoms with E-state index >= 15 is 0 Å². The van der Waals surface area contributed by atoms with Gasteiger partial charge in [0.1, 0.15) is 0 Å². The number of fused-ring (bicyclic) bond motifs is 1. The first-order valence-electron chi connectivity index (χ1n) is 8.03. The van der Waals surface area contributed by atoms with Crippen LogP contribution in [-0.2, 0) is 0 Å². The maximum Gasteiger partial charge on any atom is 0.0326 e. The second kappa shape index (κ2) is 6.41. The molecule has 0 heterocycles. The first-order chi connectivity index (χ1) is 9.88. The topological polar surface area (TPSA) is 12.0 Å². The summed E-state index contributed by atoms with van der Waals surface area (Å²) < 4.78 is 0. The molecule has 1 heteroatoms. The standard InChI is InChI=1S/C19H25N/c1-20-19(14-15-8-3-2-4-9-15)18-13-7-11-16-10-5-6-12-17(16)18/h5-7,10-13,15,19-20H,2-4,8-9,14H2,1H3. The van der Waals surface area contributed by atoms with Crippen LogP contribution in [0, 0.1) is 5.92 Å². The lowest BCUT2D eigenvalue weighted by Gasteiger charge is -2.27. The number of benzene rings is 2. The predicted octanol–water partition coefficient (Wildman–Crippen LogP) is 5.07. The van der Waals surface area contributed by atoms with E-state index in [1.165, 1.54) is 54.9 Å². The summed E-state index contributed by atoms with van der Waals surface area (Å²) in [5.74, 6) is 0.903. The fourth-order valence-electron chi connectivity index (χ4n) is 3.71. The van der Waals surface area contributed by atoms with Crippen LogP contribution in [-0.4, -0.2) is 7.05 Å². The summed E-state index contributed by atoms with van der Waals surface area (Å²) >= 11 is 0. The van der Waals surface area contributed by atoms with Gasteiger partial charge in [-0.05, 0) is 35.7 Å². The van der Waals surface area contributed by atoms with Gasteiger partial charge in [0.05, 0.1) is 0 Å². The molecule has 1 fully saturated rings. The second-order valence-electron chi connectivity index (χ2n) is 6.15. The zero-order valence-corrected chi connectivity index (χ0v) is 12.4. The van der Waals surface area contributed by atoms with Crippen LogP contribution in [0.2, 0.25) is 0 Å². The molecule has 1 aliphatic carbocycles. The molecule has 1 saturated carbocycles. The van der Waals surface area contributed by atoms with E-state index in [1.54, 1.807) is 0 Å². The molecule has 0 radical (unpaired) electrons. The van der Waals surface area contributed by atoms with Crippen molar-refractivity contribution >= 4 is 10.8 Å². The van der Waals surface area contributed by atoms with E-state index in [9.17, 15) is 0 Å². The second-order valence-corrected chi connectivity index (χ2v) is 6.15. The van der Waals surface area contributed by atoms with Crippen molar-refractivity contribution < 1.29 is 0 Å². The monoisotopic (exact) mass is 267 g/mol. The van der Waals surface area contributed by atoms with Gasteiger partial charge in [0.2, 0.25) is 0 Å². The van der Waals surface area contributed by atoms with Crippen molar-refractivity contribution in [1.29, 1.82) is 0 Å². The van der Waals surface area contributed by atoms with E-state index in [-0.39, 0.29) is 0 Å². The summed E-state index contributed by atoms with van der Waals surface area (Å²) in [7, 11) is 2.11. The average molecular weight is 267 g/mol. The Hall–Kier alpha value is -1.34. The van der Waals surface area contributed by atoms with Crippen molar-refractivity contribution in [2.75, 3.05) is 7.05 Å². The Morgan fingerprint density at radius 3 is 2.55 bits per heavy atom. The Labute approximate surface area is 122 Å². The molecular weight excluding hydrogens is 242 g/mol. The van der Waals surface area contributed by atoms with Crippen molar-refractivity contribution in [2.45, 2.75) is 44.6 Å². The normalized spacial score (nSPS) is 18.2. The first-order valence-corrected chi connectivity index (χ1v) is 8.03. The van der Waals surface area contributed by atoms with Crippen LogP contribution < -0.4 is 5.32 Å². The third kappa shape index (κ3) is 2.88. The molecule has 106 valence electrons. The quantitative estimate of drug-likeness (QED) is 0.815. The van der Waals surface area contributed by atoms with E-state index in [0.29, 0.717) is 6.04 Å². The summed E-state index contributed by atoms with van der Waals surface area (Å²) in [6.45, 7) is 0. The SMILES string of the molecule is CNC(CC1CCCCC1)c1cccc2ccccc12. The van der Waals surface area contributed by atoms with Crippen LogP contribution in [0.25, 0.3) is 10.8 Å². The summed E-state index contributed by atoms with van der Waals surface area (Å²) in [5.41, 5.74) is 1.47. The van der Waals surface area contributed by atoms with Gasteiger partial charge in [-0.25, -0.2) is 0 Å². The molecule has 1 N–H and O–H groups in total. The fraction of sp³-hybridized carbons (Fsp3) is 0.474. The lowest BCUT2D eigenvalue weighted by Crippen LogP contribution is -2.21. The van der Waals surface area contributed by atoms with E-state index < -0.39 is 0 Å². The molecule has 1 nitrogen and oxygen atoms in total. The summed E-state index contributed by atoms with van der Waals surface area (Å²) in [6.07, 6.45) is 8.42. The Morgan fingerprint density at radius 2 is 1.75 bits per heavy atom. The largest absolute Gasteiger partial charge is 0.313 e. The highest BCUT2D eigenvalue weighted by Gasteiger charge is 2.20. The van der Waals surface area contributed by atoms with Crippen LogP contribution in [0.4, 0.5) is 0 Å². The van der Waals surface area contributed by atoms with Crippen molar-refractivity contribution in [3.63, 3.8) is 0 Å². The van der Waals surface area contributed by atoms with Crippen molar-refractivity contribution in [2.24, 2.45) is 5.92 Å². The highest BCUT2D eigenvalue weighted by atomic mass is 14.9. The molecule has 1 aliphatic rings. The summed E-state index contributed by atoms with van der Waals surface area (Å²) in [4.78, 5) is 0. The van der Waals surface area contributed by atoms with Crippen LogP contribution in [0.5, 0.6) is 0 Å². The summed E-state index contributed by atoms with van der Waals surface area (Å²) in [5, 5.41) is 6.32. The van der Waals surface area contributed by atoms with Gasteiger partial charge in [-0.3, -0.25) is 0 Å². The van der Waals surface area contributed by atoms with Gasteiger partial charge in [0.25, 0.3) is 0 Å². The molecule has 20 heavy (non-hydrogen) atoms. The average Bonchev–Trinajstić information content (AvgIpc) is 2.53. The Morgan fingerprint density at radius 1 is 1.00 bits per heavy atom. The highest BCUT2D eigenvalue weighted by Crippen LogP contribution is 2.34. The van der Waals surface area contributed by atoms with Gasteiger partial charge in [-0.2, -0.15) is 0 Å². The minimum atomic E-state index is 0.490. The summed E-state index contributed by atoms with van der Waals surface area (Å²) in [6, 6.07) is 16.0. The van der Waals surface area contributed by atoms with Crippen molar-refractivity contribution in [1.82, 2.24) is 5.32 Å². The molecule has 3 rings (SSSR count). The fourth-order valence-corrected chi connectivity index (χ4v) is 3.71. The molecule has 0 saturated heterocycles. The van der Waals surface area contributed by atoms with E-state index in [2.05, 4.69) is 54.8 Å². The van der Waals surface area contributed by atoms with Crippen molar-refractivity contribution in [3.8, 4) is 0 Å².